The maximum absolute atomic E-state index is 12.2. The van der Waals surface area contributed by atoms with E-state index in [4.69, 9.17) is 11.6 Å². The molecule has 120 valence electrons. The van der Waals surface area contributed by atoms with Crippen LogP contribution in [0.4, 0.5) is 0 Å². The van der Waals surface area contributed by atoms with Crippen LogP contribution in [-0.2, 0) is 6.42 Å². The quantitative estimate of drug-likeness (QED) is 0.541. The van der Waals surface area contributed by atoms with Gasteiger partial charge >= 0.3 is 0 Å². The summed E-state index contributed by atoms with van der Waals surface area (Å²) in [5, 5.41) is 0.668. The number of nitrogens with zero attached hydrogens (tertiary/aromatic N) is 1. The molecule has 0 aliphatic rings. The summed E-state index contributed by atoms with van der Waals surface area (Å²) in [4.78, 5) is 14.4. The van der Waals surface area contributed by atoms with Gasteiger partial charge < -0.3 is 4.90 Å². The number of allylic oxidation sites excluding steroid dienone is 1. The van der Waals surface area contributed by atoms with Crippen LogP contribution in [0.3, 0.4) is 0 Å². The molecule has 0 aliphatic carbocycles. The molecular formula is C20H22ClNO. The first-order valence-electron chi connectivity index (χ1n) is 7.76. The number of ketones is 1. The van der Waals surface area contributed by atoms with Gasteiger partial charge in [0.25, 0.3) is 0 Å². The summed E-state index contributed by atoms with van der Waals surface area (Å²) in [5.41, 5.74) is 2.90. The van der Waals surface area contributed by atoms with Crippen LogP contribution in [0.5, 0.6) is 0 Å². The largest absolute Gasteiger partial charge is 0.309 e. The highest BCUT2D eigenvalue weighted by Gasteiger charge is 2.02. The monoisotopic (exact) mass is 327 g/mol. The van der Waals surface area contributed by atoms with Gasteiger partial charge in [-0.2, -0.15) is 0 Å². The van der Waals surface area contributed by atoms with Gasteiger partial charge in [0.15, 0.2) is 5.78 Å². The fourth-order valence-electron chi connectivity index (χ4n) is 2.31. The summed E-state index contributed by atoms with van der Waals surface area (Å²) in [6.45, 7) is 1.07. The molecule has 0 spiro atoms. The minimum absolute atomic E-state index is 0.00446. The highest BCUT2D eigenvalue weighted by Crippen LogP contribution is 2.13. The van der Waals surface area contributed by atoms with Gasteiger partial charge in [-0.25, -0.2) is 0 Å². The molecular weight excluding hydrogens is 306 g/mol. The lowest BCUT2D eigenvalue weighted by atomic mass is 10.0. The third-order valence-electron chi connectivity index (χ3n) is 3.59. The SMILES string of the molecule is CN(C)CCCc1ccc(C(=O)C=Cc2cccc(Cl)c2)cc1. The summed E-state index contributed by atoms with van der Waals surface area (Å²) >= 11 is 5.93. The minimum atomic E-state index is 0.00446. The van der Waals surface area contributed by atoms with Gasteiger partial charge in [-0.05, 0) is 62.8 Å². The zero-order valence-electron chi connectivity index (χ0n) is 13.6. The maximum atomic E-state index is 12.2. The van der Waals surface area contributed by atoms with E-state index >= 15 is 0 Å². The topological polar surface area (TPSA) is 20.3 Å². The first-order valence-corrected chi connectivity index (χ1v) is 8.14. The highest BCUT2D eigenvalue weighted by atomic mass is 35.5. The molecule has 0 atom stereocenters. The van der Waals surface area contributed by atoms with Crippen LogP contribution < -0.4 is 0 Å². The van der Waals surface area contributed by atoms with Crippen LogP contribution in [0.1, 0.15) is 27.9 Å². The second-order valence-electron chi connectivity index (χ2n) is 5.86. The van der Waals surface area contributed by atoms with Crippen molar-refractivity contribution in [2.24, 2.45) is 0 Å². The van der Waals surface area contributed by atoms with Gasteiger partial charge in [-0.3, -0.25) is 4.79 Å². The normalized spacial score (nSPS) is 11.3. The van der Waals surface area contributed by atoms with Crippen molar-refractivity contribution in [1.82, 2.24) is 4.90 Å². The zero-order chi connectivity index (χ0) is 16.7. The molecule has 0 bridgehead atoms. The standard InChI is InChI=1S/C20H22ClNO/c1-22(2)14-4-6-16-8-11-18(12-9-16)20(23)13-10-17-5-3-7-19(21)15-17/h3,5,7-13,15H,4,6,14H2,1-2H3. The lowest BCUT2D eigenvalue weighted by molar-refractivity contribution is 0.104. The predicted octanol–water partition coefficient (Wildman–Crippen LogP) is 4.73. The molecule has 0 saturated carbocycles. The fourth-order valence-corrected chi connectivity index (χ4v) is 2.51. The smallest absolute Gasteiger partial charge is 0.185 e. The van der Waals surface area contributed by atoms with Crippen LogP contribution in [0.25, 0.3) is 6.08 Å². The van der Waals surface area contributed by atoms with Crippen molar-refractivity contribution >= 4 is 23.5 Å². The molecule has 0 saturated heterocycles. The zero-order valence-corrected chi connectivity index (χ0v) is 14.4. The summed E-state index contributed by atoms with van der Waals surface area (Å²) in [5.74, 6) is 0.00446. The Morgan fingerprint density at radius 2 is 1.87 bits per heavy atom. The van der Waals surface area contributed by atoms with Crippen LogP contribution in [0.15, 0.2) is 54.6 Å². The maximum Gasteiger partial charge on any atom is 0.185 e. The molecule has 0 heterocycles. The number of carbonyl (C=O) groups is 1. The lowest BCUT2D eigenvalue weighted by Crippen LogP contribution is -2.13. The van der Waals surface area contributed by atoms with E-state index in [0.717, 1.165) is 24.9 Å². The second-order valence-corrected chi connectivity index (χ2v) is 6.29. The third-order valence-corrected chi connectivity index (χ3v) is 3.82. The van der Waals surface area contributed by atoms with Crippen molar-refractivity contribution < 1.29 is 4.79 Å². The average Bonchev–Trinajstić information content (AvgIpc) is 2.53. The van der Waals surface area contributed by atoms with Gasteiger partial charge in [-0.15, -0.1) is 0 Å². The molecule has 2 aromatic carbocycles. The number of hydrogen-bond acceptors (Lipinski definition) is 2. The number of aryl methyl sites for hydroxylation is 1. The number of carbonyl (C=O) groups excluding carboxylic acids is 1. The van der Waals surface area contributed by atoms with Crippen molar-refractivity contribution in [1.29, 1.82) is 0 Å². The molecule has 2 rings (SSSR count). The molecule has 0 fully saturated rings. The van der Waals surface area contributed by atoms with E-state index < -0.39 is 0 Å². The molecule has 2 aromatic rings. The van der Waals surface area contributed by atoms with E-state index in [0.29, 0.717) is 10.6 Å². The molecule has 0 aliphatic heterocycles. The minimum Gasteiger partial charge on any atom is -0.309 e. The van der Waals surface area contributed by atoms with E-state index in [2.05, 4.69) is 19.0 Å². The average molecular weight is 328 g/mol. The Labute approximate surface area is 143 Å². The van der Waals surface area contributed by atoms with Gasteiger partial charge in [0.05, 0.1) is 0 Å². The van der Waals surface area contributed by atoms with E-state index in [9.17, 15) is 4.79 Å². The first-order chi connectivity index (χ1) is 11.0. The molecule has 2 nitrogen and oxygen atoms in total. The fraction of sp³-hybridized carbons (Fsp3) is 0.250. The van der Waals surface area contributed by atoms with Gasteiger partial charge in [0.1, 0.15) is 0 Å². The summed E-state index contributed by atoms with van der Waals surface area (Å²) in [6.07, 6.45) is 5.53. The van der Waals surface area contributed by atoms with Crippen molar-refractivity contribution in [3.63, 3.8) is 0 Å². The van der Waals surface area contributed by atoms with Crippen LogP contribution in [0.2, 0.25) is 5.02 Å². The summed E-state index contributed by atoms with van der Waals surface area (Å²) in [6, 6.07) is 15.3. The Bertz CT molecular complexity index is 674. The van der Waals surface area contributed by atoms with Crippen LogP contribution in [-0.4, -0.2) is 31.3 Å². The Balaban J connectivity index is 1.94. The number of benzene rings is 2. The Kier molecular flexibility index (Phi) is 6.57. The second kappa shape index (κ2) is 8.66. The van der Waals surface area contributed by atoms with E-state index in [1.54, 1.807) is 12.2 Å². The molecule has 0 radical (unpaired) electrons. The highest BCUT2D eigenvalue weighted by molar-refractivity contribution is 6.30. The van der Waals surface area contributed by atoms with Gasteiger partial charge in [0.2, 0.25) is 0 Å². The van der Waals surface area contributed by atoms with Crippen molar-refractivity contribution in [3.05, 3.63) is 76.3 Å². The number of rotatable bonds is 7. The number of halogens is 1. The van der Waals surface area contributed by atoms with Crippen LogP contribution in [0, 0.1) is 0 Å². The first kappa shape index (κ1) is 17.5. The third kappa shape index (κ3) is 6.01. The van der Waals surface area contributed by atoms with E-state index in [1.165, 1.54) is 5.56 Å². The summed E-state index contributed by atoms with van der Waals surface area (Å²) in [7, 11) is 4.15. The van der Waals surface area contributed by atoms with Crippen molar-refractivity contribution in [2.45, 2.75) is 12.8 Å². The van der Waals surface area contributed by atoms with Crippen molar-refractivity contribution in [2.75, 3.05) is 20.6 Å². The summed E-state index contributed by atoms with van der Waals surface area (Å²) < 4.78 is 0. The molecule has 23 heavy (non-hydrogen) atoms. The predicted molar refractivity (Wildman–Crippen MR) is 98.1 cm³/mol. The van der Waals surface area contributed by atoms with Crippen molar-refractivity contribution in [3.8, 4) is 0 Å². The molecule has 0 N–H and O–H groups in total. The van der Waals surface area contributed by atoms with E-state index in [-0.39, 0.29) is 5.78 Å². The van der Waals surface area contributed by atoms with E-state index in [1.807, 2.05) is 48.5 Å². The lowest BCUT2D eigenvalue weighted by Gasteiger charge is -2.08. The molecule has 0 aromatic heterocycles. The number of hydrogen-bond donors (Lipinski definition) is 0. The van der Waals surface area contributed by atoms with Gasteiger partial charge in [-0.1, -0.05) is 54.1 Å². The molecule has 3 heteroatoms. The molecule has 0 unspecified atom stereocenters. The Morgan fingerprint density at radius 3 is 2.52 bits per heavy atom. The van der Waals surface area contributed by atoms with Crippen LogP contribution >= 0.6 is 11.6 Å². The van der Waals surface area contributed by atoms with Gasteiger partial charge in [0, 0.05) is 10.6 Å². The molecule has 0 amide bonds. The Morgan fingerprint density at radius 1 is 1.13 bits per heavy atom. The Hall–Kier alpha value is -1.90.